The van der Waals surface area contributed by atoms with Crippen molar-refractivity contribution in [3.05, 3.63) is 54.1 Å². The maximum absolute atomic E-state index is 12.7. The topological polar surface area (TPSA) is 83.4 Å². The van der Waals surface area contributed by atoms with Crippen LogP contribution in [0.4, 0.5) is 5.69 Å². The first kappa shape index (κ1) is 14.2. The van der Waals surface area contributed by atoms with E-state index in [2.05, 4.69) is 9.97 Å². The summed E-state index contributed by atoms with van der Waals surface area (Å²) in [6.45, 7) is 1.85. The van der Waals surface area contributed by atoms with Crippen molar-refractivity contribution in [1.29, 1.82) is 0 Å². The molecule has 1 amide bonds. The van der Waals surface area contributed by atoms with Crippen LogP contribution in [0.25, 0.3) is 0 Å². The number of para-hydroxylation sites is 1. The van der Waals surface area contributed by atoms with Gasteiger partial charge in [0, 0.05) is 24.1 Å². The SMILES string of the molecule is C[C@@H]1C[C@@H](C(=O)O)c2ccccc2N1C(=O)c1cncnc1. The van der Waals surface area contributed by atoms with E-state index >= 15 is 0 Å². The minimum absolute atomic E-state index is 0.218. The summed E-state index contributed by atoms with van der Waals surface area (Å²) in [5.74, 6) is -1.68. The highest BCUT2D eigenvalue weighted by molar-refractivity contribution is 6.07. The molecule has 0 radical (unpaired) electrons. The van der Waals surface area contributed by atoms with Crippen LogP contribution < -0.4 is 4.90 Å². The quantitative estimate of drug-likeness (QED) is 0.917. The molecular weight excluding hydrogens is 282 g/mol. The molecular formula is C16H15N3O3. The summed E-state index contributed by atoms with van der Waals surface area (Å²) >= 11 is 0. The first-order valence-corrected chi connectivity index (χ1v) is 7.00. The molecule has 1 aromatic carbocycles. The van der Waals surface area contributed by atoms with E-state index in [4.69, 9.17) is 0 Å². The summed E-state index contributed by atoms with van der Waals surface area (Å²) < 4.78 is 0. The van der Waals surface area contributed by atoms with Crippen LogP contribution >= 0.6 is 0 Å². The Morgan fingerprint density at radius 2 is 1.91 bits per heavy atom. The Morgan fingerprint density at radius 3 is 2.59 bits per heavy atom. The van der Waals surface area contributed by atoms with E-state index in [0.29, 0.717) is 23.2 Å². The molecule has 0 saturated carbocycles. The second-order valence-corrected chi connectivity index (χ2v) is 5.34. The number of carboxylic acid groups (broad SMARTS) is 1. The van der Waals surface area contributed by atoms with Crippen molar-refractivity contribution >= 4 is 17.6 Å². The number of carbonyl (C=O) groups excluding carboxylic acids is 1. The molecule has 1 N–H and O–H groups in total. The first-order valence-electron chi connectivity index (χ1n) is 7.00. The Morgan fingerprint density at radius 1 is 1.23 bits per heavy atom. The van der Waals surface area contributed by atoms with Crippen molar-refractivity contribution in [1.82, 2.24) is 9.97 Å². The van der Waals surface area contributed by atoms with E-state index < -0.39 is 11.9 Å². The van der Waals surface area contributed by atoms with Crippen molar-refractivity contribution < 1.29 is 14.7 Å². The molecule has 6 heteroatoms. The van der Waals surface area contributed by atoms with Crippen LogP contribution in [0.2, 0.25) is 0 Å². The predicted molar refractivity (Wildman–Crippen MR) is 79.7 cm³/mol. The molecule has 0 unspecified atom stereocenters. The third-order valence-electron chi connectivity index (χ3n) is 3.91. The van der Waals surface area contributed by atoms with Gasteiger partial charge in [-0.15, -0.1) is 0 Å². The fraction of sp³-hybridized carbons (Fsp3) is 0.250. The van der Waals surface area contributed by atoms with Crippen LogP contribution in [-0.2, 0) is 4.79 Å². The average molecular weight is 297 g/mol. The Balaban J connectivity index is 2.07. The van der Waals surface area contributed by atoms with Gasteiger partial charge in [-0.05, 0) is 25.0 Å². The fourth-order valence-electron chi connectivity index (χ4n) is 2.90. The van der Waals surface area contributed by atoms with Gasteiger partial charge in [0.25, 0.3) is 5.91 Å². The Labute approximate surface area is 127 Å². The number of carbonyl (C=O) groups is 2. The summed E-state index contributed by atoms with van der Waals surface area (Å²) in [6, 6.07) is 6.92. The van der Waals surface area contributed by atoms with Gasteiger partial charge in [0.2, 0.25) is 0 Å². The van der Waals surface area contributed by atoms with Crippen molar-refractivity contribution in [2.24, 2.45) is 0 Å². The first-order chi connectivity index (χ1) is 10.6. The van der Waals surface area contributed by atoms with Crippen LogP contribution in [0, 0.1) is 0 Å². The van der Waals surface area contributed by atoms with Crippen molar-refractivity contribution in [2.45, 2.75) is 25.3 Å². The van der Waals surface area contributed by atoms with Crippen LogP contribution in [0.15, 0.2) is 43.0 Å². The van der Waals surface area contributed by atoms with Crippen molar-refractivity contribution in [3.8, 4) is 0 Å². The number of benzene rings is 1. The highest BCUT2D eigenvalue weighted by Gasteiger charge is 2.37. The molecule has 0 fully saturated rings. The monoisotopic (exact) mass is 297 g/mol. The number of carboxylic acids is 1. The maximum Gasteiger partial charge on any atom is 0.311 e. The molecule has 2 heterocycles. The molecule has 112 valence electrons. The molecule has 0 saturated heterocycles. The van der Waals surface area contributed by atoms with Crippen LogP contribution in [0.1, 0.15) is 35.2 Å². The highest BCUT2D eigenvalue weighted by Crippen LogP contribution is 2.39. The Kier molecular flexibility index (Phi) is 3.58. The van der Waals surface area contributed by atoms with Crippen LogP contribution in [-0.4, -0.2) is 33.0 Å². The lowest BCUT2D eigenvalue weighted by atomic mass is 9.86. The molecule has 2 atom stereocenters. The molecule has 6 nitrogen and oxygen atoms in total. The van der Waals surface area contributed by atoms with Gasteiger partial charge in [0.1, 0.15) is 6.33 Å². The zero-order chi connectivity index (χ0) is 15.7. The van der Waals surface area contributed by atoms with Gasteiger partial charge in [0.05, 0.1) is 11.5 Å². The number of amides is 1. The number of aromatic nitrogens is 2. The zero-order valence-electron chi connectivity index (χ0n) is 12.0. The lowest BCUT2D eigenvalue weighted by Crippen LogP contribution is -2.44. The van der Waals surface area contributed by atoms with Gasteiger partial charge in [-0.1, -0.05) is 18.2 Å². The molecule has 0 aliphatic carbocycles. The summed E-state index contributed by atoms with van der Waals surface area (Å²) in [5, 5.41) is 9.42. The third kappa shape index (κ3) is 2.32. The molecule has 22 heavy (non-hydrogen) atoms. The van der Waals surface area contributed by atoms with E-state index in [1.807, 2.05) is 6.92 Å². The number of rotatable bonds is 2. The number of aliphatic carboxylic acids is 1. The molecule has 1 aliphatic heterocycles. The van der Waals surface area contributed by atoms with Gasteiger partial charge in [-0.3, -0.25) is 9.59 Å². The minimum Gasteiger partial charge on any atom is -0.481 e. The zero-order valence-corrected chi connectivity index (χ0v) is 12.0. The van der Waals surface area contributed by atoms with Gasteiger partial charge in [-0.25, -0.2) is 9.97 Å². The van der Waals surface area contributed by atoms with Gasteiger partial charge in [0.15, 0.2) is 0 Å². The second-order valence-electron chi connectivity index (χ2n) is 5.34. The molecule has 2 aromatic rings. The van der Waals surface area contributed by atoms with Crippen molar-refractivity contribution in [2.75, 3.05) is 4.90 Å². The largest absolute Gasteiger partial charge is 0.481 e. The summed E-state index contributed by atoms with van der Waals surface area (Å²) in [4.78, 5) is 33.6. The average Bonchev–Trinajstić information content (AvgIpc) is 2.54. The van der Waals surface area contributed by atoms with E-state index in [9.17, 15) is 14.7 Å². The third-order valence-corrected chi connectivity index (χ3v) is 3.91. The van der Waals surface area contributed by atoms with E-state index in [0.717, 1.165) is 0 Å². The number of hydrogen-bond acceptors (Lipinski definition) is 4. The van der Waals surface area contributed by atoms with Crippen LogP contribution in [0.3, 0.4) is 0 Å². The maximum atomic E-state index is 12.7. The standard InChI is InChI=1S/C16H15N3O3/c1-10-6-13(16(21)22)12-4-2-3-5-14(12)19(10)15(20)11-7-17-9-18-8-11/h2-5,7-10,13H,6H2,1H3,(H,21,22)/t10-,13-/m1/s1. The lowest BCUT2D eigenvalue weighted by Gasteiger charge is -2.38. The summed E-state index contributed by atoms with van der Waals surface area (Å²) in [7, 11) is 0. The van der Waals surface area contributed by atoms with Gasteiger partial charge >= 0.3 is 5.97 Å². The smallest absolute Gasteiger partial charge is 0.311 e. The number of anilines is 1. The molecule has 0 bridgehead atoms. The molecule has 1 aromatic heterocycles. The van der Waals surface area contributed by atoms with Gasteiger partial charge in [-0.2, -0.15) is 0 Å². The number of fused-ring (bicyclic) bond motifs is 1. The summed E-state index contributed by atoms with van der Waals surface area (Å²) in [6.07, 6.45) is 4.68. The molecule has 3 rings (SSSR count). The Bertz CT molecular complexity index is 718. The number of hydrogen-bond donors (Lipinski definition) is 1. The molecule has 1 aliphatic rings. The van der Waals surface area contributed by atoms with E-state index in [1.165, 1.54) is 18.7 Å². The predicted octanol–water partition coefficient (Wildman–Crippen LogP) is 2.08. The fourth-order valence-corrected chi connectivity index (χ4v) is 2.90. The lowest BCUT2D eigenvalue weighted by molar-refractivity contribution is -0.139. The van der Waals surface area contributed by atoms with Crippen molar-refractivity contribution in [3.63, 3.8) is 0 Å². The van der Waals surface area contributed by atoms with Crippen LogP contribution in [0.5, 0.6) is 0 Å². The Hall–Kier alpha value is -2.76. The van der Waals surface area contributed by atoms with E-state index in [1.54, 1.807) is 29.2 Å². The highest BCUT2D eigenvalue weighted by atomic mass is 16.4. The van der Waals surface area contributed by atoms with E-state index in [-0.39, 0.29) is 11.9 Å². The number of nitrogens with zero attached hydrogens (tertiary/aromatic N) is 3. The summed E-state index contributed by atoms with van der Waals surface area (Å²) in [5.41, 5.74) is 1.69. The van der Waals surface area contributed by atoms with Gasteiger partial charge < -0.3 is 10.0 Å². The normalized spacial score (nSPS) is 20.3. The second kappa shape index (κ2) is 5.55. The molecule has 0 spiro atoms. The minimum atomic E-state index is -0.866.